The van der Waals surface area contributed by atoms with Crippen molar-refractivity contribution in [1.82, 2.24) is 4.90 Å². The minimum atomic E-state index is -0.819. The summed E-state index contributed by atoms with van der Waals surface area (Å²) in [6, 6.07) is 8.02. The van der Waals surface area contributed by atoms with E-state index < -0.39 is 5.97 Å². The van der Waals surface area contributed by atoms with Crippen LogP contribution in [0.2, 0.25) is 0 Å². The molecule has 116 valence electrons. The van der Waals surface area contributed by atoms with Crippen molar-refractivity contribution in [3.05, 3.63) is 34.3 Å². The quantitative estimate of drug-likeness (QED) is 0.776. The number of carboxylic acid groups (broad SMARTS) is 1. The summed E-state index contributed by atoms with van der Waals surface area (Å²) in [6.07, 6.45) is 1.74. The molecule has 1 amide bonds. The Labute approximate surface area is 134 Å². The molecule has 0 aliphatic rings. The highest BCUT2D eigenvalue weighted by Crippen LogP contribution is 2.14. The van der Waals surface area contributed by atoms with Gasteiger partial charge >= 0.3 is 5.97 Å². The maximum atomic E-state index is 12.3. The lowest BCUT2D eigenvalue weighted by molar-refractivity contribution is -0.138. The van der Waals surface area contributed by atoms with Gasteiger partial charge in [0, 0.05) is 29.9 Å². The largest absolute Gasteiger partial charge is 0.481 e. The third-order valence-corrected chi connectivity index (χ3v) is 3.74. The Morgan fingerprint density at radius 1 is 1.29 bits per heavy atom. The summed E-state index contributed by atoms with van der Waals surface area (Å²) >= 11 is 3.42. The number of amides is 1. The molecule has 0 bridgehead atoms. The summed E-state index contributed by atoms with van der Waals surface area (Å²) in [4.78, 5) is 24.6. The van der Waals surface area contributed by atoms with E-state index in [1.807, 2.05) is 38.1 Å². The maximum Gasteiger partial charge on any atom is 0.303 e. The lowest BCUT2D eigenvalue weighted by Crippen LogP contribution is -2.38. The number of benzene rings is 1. The van der Waals surface area contributed by atoms with Gasteiger partial charge in [-0.25, -0.2) is 0 Å². The second-order valence-electron chi connectivity index (χ2n) is 5.31. The van der Waals surface area contributed by atoms with Crippen LogP contribution in [0.25, 0.3) is 0 Å². The van der Waals surface area contributed by atoms with Crippen molar-refractivity contribution in [2.75, 3.05) is 6.54 Å². The van der Waals surface area contributed by atoms with E-state index in [1.54, 1.807) is 4.90 Å². The molecule has 0 aromatic heterocycles. The van der Waals surface area contributed by atoms with Crippen LogP contribution in [-0.4, -0.2) is 34.5 Å². The van der Waals surface area contributed by atoms with Crippen LogP contribution in [0.1, 0.15) is 38.7 Å². The highest BCUT2D eigenvalue weighted by molar-refractivity contribution is 9.10. The van der Waals surface area contributed by atoms with E-state index in [0.717, 1.165) is 10.0 Å². The van der Waals surface area contributed by atoms with Crippen molar-refractivity contribution in [1.29, 1.82) is 0 Å². The fourth-order valence-corrected chi connectivity index (χ4v) is 2.61. The molecule has 5 heteroatoms. The second kappa shape index (κ2) is 8.82. The Morgan fingerprint density at radius 3 is 2.57 bits per heavy atom. The van der Waals surface area contributed by atoms with Crippen LogP contribution in [0.4, 0.5) is 0 Å². The van der Waals surface area contributed by atoms with Gasteiger partial charge < -0.3 is 10.0 Å². The van der Waals surface area contributed by atoms with Crippen LogP contribution in [0.5, 0.6) is 0 Å². The number of aryl methyl sites for hydroxylation is 1. The average molecular weight is 356 g/mol. The fourth-order valence-electron chi connectivity index (χ4n) is 2.16. The molecule has 0 fully saturated rings. The number of carboxylic acids is 1. The average Bonchev–Trinajstić information content (AvgIpc) is 2.40. The van der Waals surface area contributed by atoms with Gasteiger partial charge in [0.25, 0.3) is 0 Å². The standard InChI is InChI=1S/C16H22BrNO3/c1-12(2)18(10-4-7-16(20)21)15(19)9-8-13-5-3-6-14(17)11-13/h3,5-6,11-12H,4,7-10H2,1-2H3,(H,20,21). The first-order chi connectivity index (χ1) is 9.90. The number of halogens is 1. The molecule has 0 spiro atoms. The molecule has 0 atom stereocenters. The first-order valence-electron chi connectivity index (χ1n) is 7.16. The molecular formula is C16H22BrNO3. The minimum Gasteiger partial charge on any atom is -0.481 e. The Morgan fingerprint density at radius 2 is 2.00 bits per heavy atom. The number of aliphatic carboxylic acids is 1. The van der Waals surface area contributed by atoms with Gasteiger partial charge in [-0.2, -0.15) is 0 Å². The second-order valence-corrected chi connectivity index (χ2v) is 6.22. The number of carbonyl (C=O) groups is 2. The summed E-state index contributed by atoms with van der Waals surface area (Å²) in [5.41, 5.74) is 1.12. The van der Waals surface area contributed by atoms with Crippen LogP contribution >= 0.6 is 15.9 Å². The smallest absolute Gasteiger partial charge is 0.303 e. The molecule has 1 aromatic rings. The maximum absolute atomic E-state index is 12.3. The number of carbonyl (C=O) groups excluding carboxylic acids is 1. The van der Waals surface area contributed by atoms with E-state index in [-0.39, 0.29) is 18.4 Å². The zero-order chi connectivity index (χ0) is 15.8. The van der Waals surface area contributed by atoms with E-state index in [9.17, 15) is 9.59 Å². The first kappa shape index (κ1) is 17.7. The van der Waals surface area contributed by atoms with Gasteiger partial charge in [0.05, 0.1) is 0 Å². The molecule has 0 aliphatic carbocycles. The highest BCUT2D eigenvalue weighted by Gasteiger charge is 2.16. The van der Waals surface area contributed by atoms with E-state index in [4.69, 9.17) is 5.11 Å². The van der Waals surface area contributed by atoms with Crippen LogP contribution < -0.4 is 0 Å². The predicted molar refractivity (Wildman–Crippen MR) is 86.2 cm³/mol. The van der Waals surface area contributed by atoms with Crippen molar-refractivity contribution in [2.24, 2.45) is 0 Å². The molecule has 21 heavy (non-hydrogen) atoms. The van der Waals surface area contributed by atoms with Gasteiger partial charge in [-0.3, -0.25) is 9.59 Å². The van der Waals surface area contributed by atoms with Crippen LogP contribution in [0.15, 0.2) is 28.7 Å². The first-order valence-corrected chi connectivity index (χ1v) is 7.95. The number of nitrogens with zero attached hydrogens (tertiary/aromatic N) is 1. The summed E-state index contributed by atoms with van der Waals surface area (Å²) in [7, 11) is 0. The molecule has 4 nitrogen and oxygen atoms in total. The van der Waals surface area contributed by atoms with Crippen molar-refractivity contribution < 1.29 is 14.7 Å². The normalized spacial score (nSPS) is 10.7. The van der Waals surface area contributed by atoms with E-state index in [1.165, 1.54) is 0 Å². The zero-order valence-electron chi connectivity index (χ0n) is 12.5. The van der Waals surface area contributed by atoms with Gasteiger partial charge in [0.2, 0.25) is 5.91 Å². The SMILES string of the molecule is CC(C)N(CCCC(=O)O)C(=O)CCc1cccc(Br)c1. The van der Waals surface area contributed by atoms with Gasteiger partial charge in [-0.15, -0.1) is 0 Å². The Kier molecular flexibility index (Phi) is 7.43. The molecular weight excluding hydrogens is 334 g/mol. The molecule has 0 unspecified atom stereocenters. The van der Waals surface area contributed by atoms with E-state index >= 15 is 0 Å². The van der Waals surface area contributed by atoms with Crippen molar-refractivity contribution >= 4 is 27.8 Å². The molecule has 0 saturated carbocycles. The van der Waals surface area contributed by atoms with E-state index in [2.05, 4.69) is 15.9 Å². The van der Waals surface area contributed by atoms with E-state index in [0.29, 0.717) is 25.8 Å². The Bertz CT molecular complexity index is 488. The summed E-state index contributed by atoms with van der Waals surface area (Å²) in [6.45, 7) is 4.41. The number of rotatable bonds is 8. The van der Waals surface area contributed by atoms with Gasteiger partial charge in [-0.1, -0.05) is 28.1 Å². The van der Waals surface area contributed by atoms with Gasteiger partial charge in [-0.05, 0) is 44.4 Å². The van der Waals surface area contributed by atoms with Crippen molar-refractivity contribution in [3.63, 3.8) is 0 Å². The Hall–Kier alpha value is -1.36. The molecule has 0 saturated heterocycles. The lowest BCUT2D eigenvalue weighted by Gasteiger charge is -2.26. The van der Waals surface area contributed by atoms with Crippen LogP contribution in [-0.2, 0) is 16.0 Å². The minimum absolute atomic E-state index is 0.0790. The molecule has 1 aromatic carbocycles. The number of hydrogen-bond acceptors (Lipinski definition) is 2. The molecule has 0 aliphatic heterocycles. The lowest BCUT2D eigenvalue weighted by atomic mass is 10.1. The predicted octanol–water partition coefficient (Wildman–Crippen LogP) is 3.48. The van der Waals surface area contributed by atoms with Gasteiger partial charge in [0.1, 0.15) is 0 Å². The van der Waals surface area contributed by atoms with Crippen LogP contribution in [0, 0.1) is 0 Å². The third kappa shape index (κ3) is 6.76. The fraction of sp³-hybridized carbons (Fsp3) is 0.500. The van der Waals surface area contributed by atoms with Crippen molar-refractivity contribution in [3.8, 4) is 0 Å². The third-order valence-electron chi connectivity index (χ3n) is 3.25. The zero-order valence-corrected chi connectivity index (χ0v) is 14.1. The van der Waals surface area contributed by atoms with Gasteiger partial charge in [0.15, 0.2) is 0 Å². The summed E-state index contributed by atoms with van der Waals surface area (Å²) in [5, 5.41) is 8.67. The highest BCUT2D eigenvalue weighted by atomic mass is 79.9. The summed E-state index contributed by atoms with van der Waals surface area (Å²) < 4.78 is 1.01. The molecule has 0 radical (unpaired) electrons. The summed E-state index contributed by atoms with van der Waals surface area (Å²) in [5.74, 6) is -0.740. The van der Waals surface area contributed by atoms with Crippen molar-refractivity contribution in [2.45, 2.75) is 45.6 Å². The monoisotopic (exact) mass is 355 g/mol. The van der Waals surface area contributed by atoms with Crippen LogP contribution in [0.3, 0.4) is 0 Å². The molecule has 1 N–H and O–H groups in total. The Balaban J connectivity index is 2.50. The topological polar surface area (TPSA) is 57.6 Å². The number of hydrogen-bond donors (Lipinski definition) is 1. The molecule has 1 rings (SSSR count). The molecule has 0 heterocycles.